The van der Waals surface area contributed by atoms with Gasteiger partial charge >= 0.3 is 0 Å². The summed E-state index contributed by atoms with van der Waals surface area (Å²) in [7, 11) is 0. The van der Waals surface area contributed by atoms with Crippen LogP contribution in [-0.4, -0.2) is 20.6 Å². The highest BCUT2D eigenvalue weighted by molar-refractivity contribution is 14.1. The molecule has 1 aromatic heterocycles. The van der Waals surface area contributed by atoms with Crippen molar-refractivity contribution in [2.75, 3.05) is 12.0 Å². The van der Waals surface area contributed by atoms with E-state index < -0.39 is 0 Å². The maximum atomic E-state index is 13.8. The molecule has 0 aliphatic rings. The summed E-state index contributed by atoms with van der Waals surface area (Å²) in [6.45, 7) is 5.11. The van der Waals surface area contributed by atoms with Gasteiger partial charge in [0.25, 0.3) is 0 Å². The summed E-state index contributed by atoms with van der Waals surface area (Å²) in [6, 6.07) is 3.29. The van der Waals surface area contributed by atoms with Crippen molar-refractivity contribution in [1.82, 2.24) is 9.55 Å². The van der Waals surface area contributed by atoms with E-state index in [1.807, 2.05) is 38.9 Å². The quantitative estimate of drug-likeness (QED) is 0.753. The molecule has 0 aliphatic heterocycles. The maximum Gasteiger partial charge on any atom is 0.201 e. The molecule has 0 bridgehead atoms. The number of rotatable bonds is 5. The molecule has 0 aliphatic carbocycles. The van der Waals surface area contributed by atoms with Crippen molar-refractivity contribution in [3.05, 3.63) is 21.5 Å². The van der Waals surface area contributed by atoms with Crippen LogP contribution in [0.1, 0.15) is 26.7 Å². The summed E-state index contributed by atoms with van der Waals surface area (Å²) in [5.74, 6) is 0.240. The molecule has 0 saturated heterocycles. The van der Waals surface area contributed by atoms with Crippen LogP contribution in [0.3, 0.4) is 0 Å². The zero-order valence-corrected chi connectivity index (χ0v) is 14.9. The van der Waals surface area contributed by atoms with E-state index in [1.54, 1.807) is 6.07 Å². The lowest BCUT2D eigenvalue weighted by Crippen LogP contribution is -2.29. The van der Waals surface area contributed by atoms with Gasteiger partial charge in [0.05, 0.1) is 14.6 Å². The SMILES string of the molecule is CCC(CC)(Cn1c(N)nc2cc(I)c(F)cc21)SC. The Morgan fingerprint density at radius 1 is 1.40 bits per heavy atom. The van der Waals surface area contributed by atoms with Crippen molar-refractivity contribution in [3.63, 3.8) is 0 Å². The van der Waals surface area contributed by atoms with E-state index in [4.69, 9.17) is 5.73 Å². The zero-order valence-electron chi connectivity index (χ0n) is 11.9. The summed E-state index contributed by atoms with van der Waals surface area (Å²) in [4.78, 5) is 4.36. The van der Waals surface area contributed by atoms with Gasteiger partial charge in [0.15, 0.2) is 0 Å². The minimum atomic E-state index is -0.220. The van der Waals surface area contributed by atoms with E-state index in [9.17, 15) is 4.39 Å². The number of anilines is 1. The van der Waals surface area contributed by atoms with Crippen LogP contribution < -0.4 is 5.73 Å². The van der Waals surface area contributed by atoms with Crippen LogP contribution in [-0.2, 0) is 6.54 Å². The molecule has 0 fully saturated rings. The first-order valence-corrected chi connectivity index (χ1v) is 8.92. The molecule has 0 radical (unpaired) electrons. The Bertz CT molecular complexity index is 614. The van der Waals surface area contributed by atoms with Crippen LogP contribution in [0.2, 0.25) is 0 Å². The summed E-state index contributed by atoms with van der Waals surface area (Å²) >= 11 is 3.82. The van der Waals surface area contributed by atoms with Crippen molar-refractivity contribution in [2.24, 2.45) is 0 Å². The van der Waals surface area contributed by atoms with Crippen LogP contribution in [0.4, 0.5) is 10.3 Å². The number of imidazole rings is 1. The fourth-order valence-corrected chi connectivity index (χ4v) is 3.71. The molecule has 0 atom stereocenters. The van der Waals surface area contributed by atoms with Gasteiger partial charge in [-0.25, -0.2) is 9.37 Å². The van der Waals surface area contributed by atoms with Gasteiger partial charge in [-0.15, -0.1) is 0 Å². The van der Waals surface area contributed by atoms with Crippen LogP contribution in [0, 0.1) is 9.39 Å². The molecule has 2 rings (SSSR count). The third kappa shape index (κ3) is 2.77. The Labute approximate surface area is 136 Å². The molecule has 2 N–H and O–H groups in total. The van der Waals surface area contributed by atoms with Crippen molar-refractivity contribution in [1.29, 1.82) is 0 Å². The number of halogens is 2. The van der Waals surface area contributed by atoms with Gasteiger partial charge in [0.2, 0.25) is 5.95 Å². The summed E-state index contributed by atoms with van der Waals surface area (Å²) in [5.41, 5.74) is 7.58. The van der Waals surface area contributed by atoms with Crippen molar-refractivity contribution in [2.45, 2.75) is 38.0 Å². The number of benzene rings is 1. The molecule has 1 aromatic carbocycles. The molecule has 2 aromatic rings. The summed E-state index contributed by atoms with van der Waals surface area (Å²) in [5, 5.41) is 0. The molecular formula is C14H19FIN3S. The van der Waals surface area contributed by atoms with Gasteiger partial charge in [-0.05, 0) is 47.8 Å². The van der Waals surface area contributed by atoms with Crippen molar-refractivity contribution in [3.8, 4) is 0 Å². The first-order valence-electron chi connectivity index (χ1n) is 6.62. The highest BCUT2D eigenvalue weighted by Crippen LogP contribution is 2.34. The summed E-state index contributed by atoms with van der Waals surface area (Å²) in [6.07, 6.45) is 4.19. The number of hydrogen-bond donors (Lipinski definition) is 1. The normalized spacial score (nSPS) is 12.2. The Hall–Kier alpha value is -0.500. The number of nitrogen functional groups attached to an aromatic ring is 1. The second-order valence-electron chi connectivity index (χ2n) is 4.91. The Morgan fingerprint density at radius 3 is 2.60 bits per heavy atom. The van der Waals surface area contributed by atoms with E-state index in [0.717, 1.165) is 30.4 Å². The first kappa shape index (κ1) is 15.9. The minimum absolute atomic E-state index is 0.112. The van der Waals surface area contributed by atoms with Gasteiger partial charge in [0.1, 0.15) is 5.82 Å². The van der Waals surface area contributed by atoms with Crippen molar-refractivity contribution >= 4 is 51.3 Å². The predicted molar refractivity (Wildman–Crippen MR) is 93.6 cm³/mol. The third-order valence-electron chi connectivity index (χ3n) is 3.99. The lowest BCUT2D eigenvalue weighted by molar-refractivity contribution is 0.476. The van der Waals surface area contributed by atoms with E-state index in [0.29, 0.717) is 9.52 Å². The van der Waals surface area contributed by atoms with E-state index >= 15 is 0 Å². The minimum Gasteiger partial charge on any atom is -0.369 e. The Kier molecular flexibility index (Phi) is 4.84. The largest absolute Gasteiger partial charge is 0.369 e. The van der Waals surface area contributed by atoms with Gasteiger partial charge in [-0.1, -0.05) is 13.8 Å². The number of nitrogens with two attached hydrogens (primary N) is 1. The van der Waals surface area contributed by atoms with E-state index in [2.05, 4.69) is 25.1 Å². The topological polar surface area (TPSA) is 43.8 Å². The number of nitrogens with zero attached hydrogens (tertiary/aromatic N) is 2. The predicted octanol–water partition coefficient (Wildman–Crippen LogP) is 4.28. The molecule has 0 spiro atoms. The van der Waals surface area contributed by atoms with Gasteiger partial charge < -0.3 is 10.3 Å². The van der Waals surface area contributed by atoms with Crippen LogP contribution >= 0.6 is 34.4 Å². The van der Waals surface area contributed by atoms with Gasteiger partial charge in [0, 0.05) is 17.4 Å². The average Bonchev–Trinajstić information content (AvgIpc) is 2.72. The Morgan fingerprint density at radius 2 is 2.05 bits per heavy atom. The molecule has 0 amide bonds. The van der Waals surface area contributed by atoms with Gasteiger partial charge in [-0.2, -0.15) is 11.8 Å². The number of fused-ring (bicyclic) bond motifs is 1. The molecule has 3 nitrogen and oxygen atoms in total. The molecule has 1 heterocycles. The fraction of sp³-hybridized carbons (Fsp3) is 0.500. The second kappa shape index (κ2) is 6.09. The third-order valence-corrected chi connectivity index (χ3v) is 6.39. The lowest BCUT2D eigenvalue weighted by Gasteiger charge is -2.30. The number of aromatic nitrogens is 2. The van der Waals surface area contributed by atoms with Crippen molar-refractivity contribution < 1.29 is 4.39 Å². The van der Waals surface area contributed by atoms with E-state index in [1.165, 1.54) is 6.07 Å². The molecular weight excluding hydrogens is 388 g/mol. The monoisotopic (exact) mass is 407 g/mol. The molecule has 110 valence electrons. The summed E-state index contributed by atoms with van der Waals surface area (Å²) < 4.78 is 16.4. The van der Waals surface area contributed by atoms with Crippen LogP contribution in [0.5, 0.6) is 0 Å². The lowest BCUT2D eigenvalue weighted by atomic mass is 10.0. The zero-order chi connectivity index (χ0) is 14.9. The second-order valence-corrected chi connectivity index (χ2v) is 7.34. The maximum absolute atomic E-state index is 13.8. The standard InChI is InChI=1S/C14H19FIN3S/c1-4-14(5-2,20-3)8-19-12-6-9(15)10(16)7-11(12)18-13(19)17/h6-7H,4-5,8H2,1-3H3,(H2,17,18). The molecule has 20 heavy (non-hydrogen) atoms. The highest BCUT2D eigenvalue weighted by atomic mass is 127. The average molecular weight is 407 g/mol. The number of thioether (sulfide) groups is 1. The number of hydrogen-bond acceptors (Lipinski definition) is 3. The fourth-order valence-electron chi connectivity index (χ4n) is 2.42. The molecule has 0 unspecified atom stereocenters. The smallest absolute Gasteiger partial charge is 0.201 e. The van der Waals surface area contributed by atoms with Gasteiger partial charge in [-0.3, -0.25) is 0 Å². The van der Waals surface area contributed by atoms with Crippen LogP contribution in [0.25, 0.3) is 11.0 Å². The molecule has 0 saturated carbocycles. The Balaban J connectivity index is 2.54. The highest BCUT2D eigenvalue weighted by Gasteiger charge is 2.27. The first-order chi connectivity index (χ1) is 9.46. The van der Waals surface area contributed by atoms with E-state index in [-0.39, 0.29) is 10.6 Å². The van der Waals surface area contributed by atoms with Crippen LogP contribution in [0.15, 0.2) is 12.1 Å². The molecule has 6 heteroatoms.